The van der Waals surface area contributed by atoms with Gasteiger partial charge >= 0.3 is 0 Å². The highest BCUT2D eigenvalue weighted by Crippen LogP contribution is 2.31. The van der Waals surface area contributed by atoms with Gasteiger partial charge in [0.15, 0.2) is 11.5 Å². The molecule has 3 aromatic rings. The van der Waals surface area contributed by atoms with Crippen LogP contribution in [0, 0.1) is 0 Å². The average molecular weight is 454 g/mol. The molecule has 1 aliphatic heterocycles. The highest BCUT2D eigenvalue weighted by molar-refractivity contribution is 7.89. The summed E-state index contributed by atoms with van der Waals surface area (Å²) in [4.78, 5) is 12.8. The van der Waals surface area contributed by atoms with E-state index < -0.39 is 16.2 Å². The van der Waals surface area contributed by atoms with E-state index in [4.69, 9.17) is 9.47 Å². The summed E-state index contributed by atoms with van der Waals surface area (Å²) in [6.07, 6.45) is -0.626. The Bertz CT molecular complexity index is 1240. The van der Waals surface area contributed by atoms with Crippen LogP contribution >= 0.6 is 0 Å². The van der Waals surface area contributed by atoms with E-state index in [0.717, 1.165) is 5.56 Å². The van der Waals surface area contributed by atoms with E-state index in [1.807, 2.05) is 6.07 Å². The molecule has 0 saturated carbocycles. The molecule has 166 valence electrons. The SMILES string of the molecule is COc1ccc(CNC(=O)c2ccc([C@H]3Nc4ccccc4S(=O)(=O)N3)cc2)cc1OC. The number of carbonyl (C=O) groups excluding carboxylic acids is 1. The average Bonchev–Trinajstić information content (AvgIpc) is 2.82. The Labute approximate surface area is 186 Å². The second-order valence-corrected chi connectivity index (χ2v) is 8.87. The van der Waals surface area contributed by atoms with Crippen molar-refractivity contribution in [2.45, 2.75) is 17.6 Å². The molecule has 3 aromatic carbocycles. The first-order valence-corrected chi connectivity index (χ1v) is 11.4. The minimum Gasteiger partial charge on any atom is -0.493 e. The van der Waals surface area contributed by atoms with Crippen LogP contribution in [0.5, 0.6) is 11.5 Å². The van der Waals surface area contributed by atoms with Crippen LogP contribution in [-0.2, 0) is 16.6 Å². The molecule has 0 radical (unpaired) electrons. The summed E-state index contributed by atoms with van der Waals surface area (Å²) in [5.41, 5.74) is 2.56. The maximum atomic E-state index is 12.6. The van der Waals surface area contributed by atoms with Crippen LogP contribution in [-0.4, -0.2) is 28.5 Å². The number of carbonyl (C=O) groups is 1. The van der Waals surface area contributed by atoms with Crippen LogP contribution in [0.4, 0.5) is 5.69 Å². The number of para-hydroxylation sites is 1. The number of amides is 1. The fourth-order valence-corrected chi connectivity index (χ4v) is 4.78. The molecule has 4 rings (SSSR count). The molecule has 9 heteroatoms. The lowest BCUT2D eigenvalue weighted by Crippen LogP contribution is -2.38. The van der Waals surface area contributed by atoms with Gasteiger partial charge in [-0.2, -0.15) is 4.72 Å². The number of hydrogen-bond acceptors (Lipinski definition) is 6. The van der Waals surface area contributed by atoms with Crippen molar-refractivity contribution in [2.75, 3.05) is 19.5 Å². The van der Waals surface area contributed by atoms with E-state index in [1.165, 1.54) is 0 Å². The maximum Gasteiger partial charge on any atom is 0.251 e. The van der Waals surface area contributed by atoms with Crippen molar-refractivity contribution in [3.05, 3.63) is 83.4 Å². The van der Waals surface area contributed by atoms with Crippen LogP contribution in [0.3, 0.4) is 0 Å². The van der Waals surface area contributed by atoms with Crippen molar-refractivity contribution in [1.29, 1.82) is 0 Å². The normalized spacial score (nSPS) is 16.4. The van der Waals surface area contributed by atoms with Crippen molar-refractivity contribution in [2.24, 2.45) is 0 Å². The molecule has 0 saturated heterocycles. The molecule has 8 nitrogen and oxygen atoms in total. The number of methoxy groups -OCH3 is 2. The Morgan fingerprint density at radius 2 is 1.69 bits per heavy atom. The number of ether oxygens (including phenoxy) is 2. The smallest absolute Gasteiger partial charge is 0.251 e. The zero-order valence-electron chi connectivity index (χ0n) is 17.6. The summed E-state index contributed by atoms with van der Waals surface area (Å²) >= 11 is 0. The predicted octanol–water partition coefficient (Wildman–Crippen LogP) is 3.04. The number of hydrogen-bond donors (Lipinski definition) is 3. The topological polar surface area (TPSA) is 106 Å². The molecule has 0 aliphatic carbocycles. The lowest BCUT2D eigenvalue weighted by molar-refractivity contribution is 0.0951. The van der Waals surface area contributed by atoms with Gasteiger partial charge in [-0.05, 0) is 47.5 Å². The van der Waals surface area contributed by atoms with Gasteiger partial charge in [0.05, 0.1) is 19.9 Å². The number of fused-ring (bicyclic) bond motifs is 1. The number of benzene rings is 3. The van der Waals surface area contributed by atoms with Crippen LogP contribution in [0.2, 0.25) is 0 Å². The molecular weight excluding hydrogens is 430 g/mol. The third-order valence-corrected chi connectivity index (χ3v) is 6.64. The van der Waals surface area contributed by atoms with Crippen LogP contribution in [0.1, 0.15) is 27.7 Å². The van der Waals surface area contributed by atoms with Crippen molar-refractivity contribution in [3.8, 4) is 11.5 Å². The molecule has 0 fully saturated rings. The van der Waals surface area contributed by atoms with E-state index in [0.29, 0.717) is 34.9 Å². The molecule has 0 bridgehead atoms. The van der Waals surface area contributed by atoms with E-state index in [1.54, 1.807) is 74.9 Å². The summed E-state index contributed by atoms with van der Waals surface area (Å²) in [6, 6.07) is 18.9. The Balaban J connectivity index is 1.43. The van der Waals surface area contributed by atoms with Crippen LogP contribution in [0.25, 0.3) is 0 Å². The first-order valence-electron chi connectivity index (χ1n) is 9.88. The Morgan fingerprint density at radius 3 is 2.41 bits per heavy atom. The van der Waals surface area contributed by atoms with Crippen molar-refractivity contribution in [3.63, 3.8) is 0 Å². The third kappa shape index (κ3) is 4.39. The highest BCUT2D eigenvalue weighted by atomic mass is 32.2. The number of sulfonamides is 1. The van der Waals surface area contributed by atoms with Gasteiger partial charge in [-0.15, -0.1) is 0 Å². The lowest BCUT2D eigenvalue weighted by Gasteiger charge is -2.28. The molecule has 0 aromatic heterocycles. The van der Waals surface area contributed by atoms with E-state index >= 15 is 0 Å². The zero-order valence-corrected chi connectivity index (χ0v) is 18.4. The van der Waals surface area contributed by atoms with Gasteiger partial charge < -0.3 is 20.1 Å². The molecular formula is C23H23N3O5S. The monoisotopic (exact) mass is 453 g/mol. The van der Waals surface area contributed by atoms with Gasteiger partial charge in [0.1, 0.15) is 11.1 Å². The van der Waals surface area contributed by atoms with E-state index in [-0.39, 0.29) is 10.8 Å². The fraction of sp³-hybridized carbons (Fsp3) is 0.174. The zero-order chi connectivity index (χ0) is 22.7. The van der Waals surface area contributed by atoms with Crippen molar-refractivity contribution in [1.82, 2.24) is 10.0 Å². The van der Waals surface area contributed by atoms with Gasteiger partial charge in [-0.25, -0.2) is 8.42 Å². The molecule has 1 atom stereocenters. The van der Waals surface area contributed by atoms with Crippen LogP contribution in [0.15, 0.2) is 71.6 Å². The third-order valence-electron chi connectivity index (χ3n) is 5.16. The fourth-order valence-electron chi connectivity index (χ4n) is 3.48. The number of anilines is 1. The minimum absolute atomic E-state index is 0.211. The quantitative estimate of drug-likeness (QED) is 0.530. The number of nitrogens with one attached hydrogen (secondary N) is 3. The van der Waals surface area contributed by atoms with E-state index in [9.17, 15) is 13.2 Å². The van der Waals surface area contributed by atoms with Gasteiger partial charge in [-0.3, -0.25) is 4.79 Å². The molecule has 1 amide bonds. The highest BCUT2D eigenvalue weighted by Gasteiger charge is 2.29. The van der Waals surface area contributed by atoms with Gasteiger partial charge in [0, 0.05) is 12.1 Å². The minimum atomic E-state index is -3.63. The van der Waals surface area contributed by atoms with Gasteiger partial charge in [0.25, 0.3) is 5.91 Å². The second kappa shape index (κ2) is 8.89. The van der Waals surface area contributed by atoms with Gasteiger partial charge in [0.2, 0.25) is 10.0 Å². The second-order valence-electron chi connectivity index (χ2n) is 7.19. The van der Waals surface area contributed by atoms with Crippen molar-refractivity contribution < 1.29 is 22.7 Å². The lowest BCUT2D eigenvalue weighted by atomic mass is 10.1. The maximum absolute atomic E-state index is 12.6. The Morgan fingerprint density at radius 1 is 0.969 bits per heavy atom. The molecule has 32 heavy (non-hydrogen) atoms. The summed E-state index contributed by atoms with van der Waals surface area (Å²) < 4.78 is 38.1. The molecule has 3 N–H and O–H groups in total. The largest absolute Gasteiger partial charge is 0.493 e. The Kier molecular flexibility index (Phi) is 6.02. The number of rotatable bonds is 6. The summed E-state index contributed by atoms with van der Waals surface area (Å²) in [6.45, 7) is 0.321. The Hall–Kier alpha value is -3.56. The summed E-state index contributed by atoms with van der Waals surface area (Å²) in [5.74, 6) is 0.967. The standard InChI is InChI=1S/C23H23N3O5S/c1-30-19-12-7-15(13-20(19)31-2)14-24-23(27)17-10-8-16(9-11-17)22-25-18-5-3-4-6-21(18)32(28,29)26-22/h3-13,22,25-26H,14H2,1-2H3,(H,24,27)/t22-/m0/s1. The predicted molar refractivity (Wildman–Crippen MR) is 120 cm³/mol. The van der Waals surface area contributed by atoms with Gasteiger partial charge in [-0.1, -0.05) is 30.3 Å². The van der Waals surface area contributed by atoms with E-state index in [2.05, 4.69) is 15.4 Å². The first kappa shape index (κ1) is 21.7. The van der Waals surface area contributed by atoms with Crippen LogP contribution < -0.4 is 24.8 Å². The first-order chi connectivity index (χ1) is 15.4. The summed E-state index contributed by atoms with van der Waals surface area (Å²) in [7, 11) is -0.505. The molecule has 1 heterocycles. The molecule has 1 aliphatic rings. The summed E-state index contributed by atoms with van der Waals surface area (Å²) in [5, 5.41) is 6.04. The molecule has 0 unspecified atom stereocenters. The van der Waals surface area contributed by atoms with Crippen molar-refractivity contribution >= 4 is 21.6 Å². The molecule has 0 spiro atoms.